The molecule has 134 valence electrons. The van der Waals surface area contributed by atoms with Gasteiger partial charge in [0.05, 0.1) is 0 Å². The van der Waals surface area contributed by atoms with E-state index in [1.54, 1.807) is 18.8 Å². The predicted molar refractivity (Wildman–Crippen MR) is 113 cm³/mol. The lowest BCUT2D eigenvalue weighted by atomic mass is 10.1. The van der Waals surface area contributed by atoms with E-state index in [1.807, 2.05) is 17.0 Å². The van der Waals surface area contributed by atoms with Gasteiger partial charge in [0.25, 0.3) is 0 Å². The van der Waals surface area contributed by atoms with Gasteiger partial charge in [0, 0.05) is 45.4 Å². The number of carbonyl (C=O) groups is 1. The van der Waals surface area contributed by atoms with Crippen molar-refractivity contribution in [3.63, 3.8) is 0 Å². The van der Waals surface area contributed by atoms with Crippen LogP contribution in [-0.2, 0) is 17.9 Å². The van der Waals surface area contributed by atoms with Crippen LogP contribution in [0.4, 0.5) is 0 Å². The predicted octanol–water partition coefficient (Wildman–Crippen LogP) is 2.46. The molecule has 1 heterocycles. The van der Waals surface area contributed by atoms with Gasteiger partial charge in [0.2, 0.25) is 5.91 Å². The quantitative estimate of drug-likeness (QED) is 0.283. The van der Waals surface area contributed by atoms with Crippen molar-refractivity contribution < 1.29 is 4.79 Å². The minimum atomic E-state index is 0. The van der Waals surface area contributed by atoms with E-state index in [1.165, 1.54) is 11.1 Å². The van der Waals surface area contributed by atoms with Crippen molar-refractivity contribution in [2.45, 2.75) is 25.9 Å². The largest absolute Gasteiger partial charge is 0.356 e. The van der Waals surface area contributed by atoms with E-state index in [9.17, 15) is 4.79 Å². The normalized spacial score (nSPS) is 13.2. The molecule has 0 radical (unpaired) electrons. The molecule has 24 heavy (non-hydrogen) atoms. The second-order valence-electron chi connectivity index (χ2n) is 5.54. The number of fused-ring (bicyclic) bond motifs is 1. The van der Waals surface area contributed by atoms with Crippen molar-refractivity contribution in [2.24, 2.45) is 4.99 Å². The number of nitrogens with zero attached hydrogens (tertiary/aromatic N) is 2. The molecule has 1 aliphatic rings. The highest BCUT2D eigenvalue weighted by molar-refractivity contribution is 14.0. The smallest absolute Gasteiger partial charge is 0.223 e. The molecule has 5 nitrogen and oxygen atoms in total. The molecular weight excluding hydrogens is 435 g/mol. The van der Waals surface area contributed by atoms with Crippen LogP contribution in [0.25, 0.3) is 0 Å². The highest BCUT2D eigenvalue weighted by atomic mass is 127. The number of amides is 1. The Balaban J connectivity index is 0.00000288. The number of benzene rings is 1. The van der Waals surface area contributed by atoms with Crippen LogP contribution in [0.3, 0.4) is 0 Å². The fourth-order valence-corrected chi connectivity index (χ4v) is 2.91. The molecule has 0 unspecified atom stereocenters. The molecule has 0 saturated heterocycles. The third-order valence-corrected chi connectivity index (χ3v) is 4.49. The van der Waals surface area contributed by atoms with Gasteiger partial charge in [-0.05, 0) is 23.8 Å². The third kappa shape index (κ3) is 6.51. The number of guanidine groups is 1. The van der Waals surface area contributed by atoms with Crippen molar-refractivity contribution in [2.75, 3.05) is 32.1 Å². The van der Waals surface area contributed by atoms with Crippen molar-refractivity contribution in [3.05, 3.63) is 35.4 Å². The van der Waals surface area contributed by atoms with E-state index in [0.29, 0.717) is 6.42 Å². The number of hydrogen-bond donors (Lipinski definition) is 2. The number of hydrogen-bond acceptors (Lipinski definition) is 3. The summed E-state index contributed by atoms with van der Waals surface area (Å²) in [5.41, 5.74) is 2.55. The van der Waals surface area contributed by atoms with E-state index >= 15 is 0 Å². The first-order chi connectivity index (χ1) is 11.2. The van der Waals surface area contributed by atoms with Crippen LogP contribution in [0.1, 0.15) is 24.0 Å². The maximum atomic E-state index is 12.3. The van der Waals surface area contributed by atoms with E-state index < -0.39 is 0 Å². The SMILES string of the molecule is CN=C(NCCCC(=O)N1Cc2ccccc2C1)NCCSC.I. The topological polar surface area (TPSA) is 56.7 Å². The molecule has 0 spiro atoms. The van der Waals surface area contributed by atoms with Crippen LogP contribution in [-0.4, -0.2) is 48.9 Å². The Labute approximate surface area is 166 Å². The molecule has 0 aromatic heterocycles. The van der Waals surface area contributed by atoms with Crippen LogP contribution < -0.4 is 10.6 Å². The van der Waals surface area contributed by atoms with Crippen molar-refractivity contribution in [3.8, 4) is 0 Å². The van der Waals surface area contributed by atoms with Gasteiger partial charge in [-0.3, -0.25) is 9.79 Å². The molecule has 2 rings (SSSR count). The summed E-state index contributed by atoms with van der Waals surface area (Å²) in [4.78, 5) is 18.4. The highest BCUT2D eigenvalue weighted by Crippen LogP contribution is 2.22. The lowest BCUT2D eigenvalue weighted by Crippen LogP contribution is -2.39. The van der Waals surface area contributed by atoms with E-state index in [4.69, 9.17) is 0 Å². The molecule has 0 fully saturated rings. The average Bonchev–Trinajstić information content (AvgIpc) is 3.01. The number of thioether (sulfide) groups is 1. The van der Waals surface area contributed by atoms with E-state index in [0.717, 1.165) is 44.3 Å². The second-order valence-corrected chi connectivity index (χ2v) is 6.53. The lowest BCUT2D eigenvalue weighted by molar-refractivity contribution is -0.131. The number of rotatable bonds is 7. The van der Waals surface area contributed by atoms with Crippen LogP contribution in [0, 0.1) is 0 Å². The molecule has 0 aliphatic carbocycles. The molecule has 0 atom stereocenters. The molecule has 0 saturated carbocycles. The van der Waals surface area contributed by atoms with Crippen molar-refractivity contribution in [1.29, 1.82) is 0 Å². The second kappa shape index (κ2) is 11.6. The van der Waals surface area contributed by atoms with Gasteiger partial charge in [0.15, 0.2) is 5.96 Å². The zero-order valence-corrected chi connectivity index (χ0v) is 17.5. The first kappa shape index (κ1) is 21.1. The van der Waals surface area contributed by atoms with Crippen LogP contribution in [0.5, 0.6) is 0 Å². The maximum Gasteiger partial charge on any atom is 0.223 e. The van der Waals surface area contributed by atoms with Gasteiger partial charge < -0.3 is 15.5 Å². The zero-order valence-electron chi connectivity index (χ0n) is 14.4. The Morgan fingerprint density at radius 1 is 1.21 bits per heavy atom. The number of carbonyl (C=O) groups excluding carboxylic acids is 1. The maximum absolute atomic E-state index is 12.3. The molecule has 1 aromatic rings. The Kier molecular flexibility index (Phi) is 10.2. The monoisotopic (exact) mass is 462 g/mol. The fraction of sp³-hybridized carbons (Fsp3) is 0.529. The lowest BCUT2D eigenvalue weighted by Gasteiger charge is -2.16. The number of nitrogens with one attached hydrogen (secondary N) is 2. The van der Waals surface area contributed by atoms with E-state index in [2.05, 4.69) is 34.0 Å². The van der Waals surface area contributed by atoms with Crippen LogP contribution in [0.2, 0.25) is 0 Å². The molecule has 1 aromatic carbocycles. The molecule has 0 bridgehead atoms. The molecule has 1 aliphatic heterocycles. The van der Waals surface area contributed by atoms with Crippen molar-refractivity contribution >= 4 is 47.6 Å². The van der Waals surface area contributed by atoms with Gasteiger partial charge in [-0.25, -0.2) is 0 Å². The number of halogens is 1. The Morgan fingerprint density at radius 3 is 2.42 bits per heavy atom. The third-order valence-electron chi connectivity index (χ3n) is 3.88. The summed E-state index contributed by atoms with van der Waals surface area (Å²) in [7, 11) is 1.76. The Bertz CT molecular complexity index is 528. The molecule has 1 amide bonds. The molecule has 7 heteroatoms. The first-order valence-electron chi connectivity index (χ1n) is 8.02. The van der Waals surface area contributed by atoms with E-state index in [-0.39, 0.29) is 29.9 Å². The van der Waals surface area contributed by atoms with Crippen LogP contribution >= 0.6 is 35.7 Å². The summed E-state index contributed by atoms with van der Waals surface area (Å²) >= 11 is 1.80. The van der Waals surface area contributed by atoms with Gasteiger partial charge in [0.1, 0.15) is 0 Å². The minimum absolute atomic E-state index is 0. The molecular formula is C17H27IN4OS. The summed E-state index contributed by atoms with van der Waals surface area (Å²) in [5.74, 6) is 2.09. The van der Waals surface area contributed by atoms with Crippen molar-refractivity contribution in [1.82, 2.24) is 15.5 Å². The fourth-order valence-electron chi connectivity index (χ4n) is 2.61. The highest BCUT2D eigenvalue weighted by Gasteiger charge is 2.22. The summed E-state index contributed by atoms with van der Waals surface area (Å²) in [5, 5.41) is 6.50. The van der Waals surface area contributed by atoms with Gasteiger partial charge in [-0.15, -0.1) is 24.0 Å². The summed E-state index contributed by atoms with van der Waals surface area (Å²) in [6, 6.07) is 8.28. The van der Waals surface area contributed by atoms with Gasteiger partial charge in [-0.1, -0.05) is 24.3 Å². The van der Waals surface area contributed by atoms with Gasteiger partial charge in [-0.2, -0.15) is 11.8 Å². The van der Waals surface area contributed by atoms with Crippen LogP contribution in [0.15, 0.2) is 29.3 Å². The summed E-state index contributed by atoms with van der Waals surface area (Å²) < 4.78 is 0. The first-order valence-corrected chi connectivity index (χ1v) is 9.42. The Morgan fingerprint density at radius 2 is 1.83 bits per heavy atom. The Hall–Kier alpha value is -0.960. The number of aliphatic imine (C=N–C) groups is 1. The molecule has 2 N–H and O–H groups in total. The summed E-state index contributed by atoms with van der Waals surface area (Å²) in [6.07, 6.45) is 3.47. The standard InChI is InChI=1S/C17H26N4OS.HI/c1-18-17(20-10-11-23-2)19-9-5-8-16(22)21-12-14-6-3-4-7-15(14)13-21;/h3-4,6-7H,5,8-13H2,1-2H3,(H2,18,19,20);1H. The summed E-state index contributed by atoms with van der Waals surface area (Å²) in [6.45, 7) is 3.15. The zero-order chi connectivity index (χ0) is 16.5. The minimum Gasteiger partial charge on any atom is -0.356 e. The van der Waals surface area contributed by atoms with Gasteiger partial charge >= 0.3 is 0 Å². The average molecular weight is 462 g/mol.